The monoisotopic (exact) mass is 438 g/mol. The fraction of sp³-hybridized carbons (Fsp3) is 0.538. The van der Waals surface area contributed by atoms with Gasteiger partial charge in [-0.15, -0.1) is 11.3 Å². The first-order chi connectivity index (χ1) is 9.44. The second kappa shape index (κ2) is 6.85. The van der Waals surface area contributed by atoms with Crippen LogP contribution in [0.25, 0.3) is 0 Å². The van der Waals surface area contributed by atoms with Crippen molar-refractivity contribution in [1.82, 2.24) is 5.32 Å². The van der Waals surface area contributed by atoms with E-state index in [-0.39, 0.29) is 5.91 Å². The van der Waals surface area contributed by atoms with Crippen LogP contribution in [-0.2, 0) is 0 Å². The van der Waals surface area contributed by atoms with Crippen LogP contribution < -0.4 is 11.1 Å². The predicted molar refractivity (Wildman–Crippen MR) is 94.4 cm³/mol. The summed E-state index contributed by atoms with van der Waals surface area (Å²) in [6.45, 7) is 0. The number of carbonyl (C=O) groups is 1. The zero-order chi connectivity index (χ0) is 14.8. The fourth-order valence-corrected chi connectivity index (χ4v) is 4.69. The van der Waals surface area contributed by atoms with E-state index in [4.69, 9.17) is 18.0 Å². The lowest BCUT2D eigenvalue weighted by molar-refractivity contribution is 0.0921. The average Bonchev–Trinajstić information content (AvgIpc) is 2.62. The van der Waals surface area contributed by atoms with Gasteiger partial charge in [0, 0.05) is 4.47 Å². The maximum Gasteiger partial charge on any atom is 0.262 e. The number of amides is 1. The zero-order valence-corrected chi connectivity index (χ0v) is 15.7. The van der Waals surface area contributed by atoms with Crippen LogP contribution in [0.4, 0.5) is 0 Å². The molecule has 1 fully saturated rings. The number of thiophene rings is 1. The molecular formula is C13H16Br2N2OS2. The standard InChI is InChI=1S/C13H16Br2N2OS2/c14-8-7-9(20-10(8)15)11(18)17-13(12(16)19)5-3-1-2-4-6-13/h7H,1-6H2,(H2,16,19)(H,17,18). The van der Waals surface area contributed by atoms with E-state index in [1.54, 1.807) is 0 Å². The lowest BCUT2D eigenvalue weighted by Crippen LogP contribution is -2.56. The maximum absolute atomic E-state index is 12.4. The summed E-state index contributed by atoms with van der Waals surface area (Å²) in [6.07, 6.45) is 6.13. The Morgan fingerprint density at radius 2 is 1.90 bits per heavy atom. The first kappa shape index (κ1) is 16.4. The second-order valence-corrected chi connectivity index (χ2v) is 8.71. The minimum Gasteiger partial charge on any atom is -0.391 e. The molecule has 0 bridgehead atoms. The predicted octanol–water partition coefficient (Wildman–Crippen LogP) is 4.38. The molecule has 20 heavy (non-hydrogen) atoms. The van der Waals surface area contributed by atoms with Crippen LogP contribution in [0.15, 0.2) is 14.3 Å². The van der Waals surface area contributed by atoms with E-state index >= 15 is 0 Å². The molecular weight excluding hydrogens is 424 g/mol. The fourth-order valence-electron chi connectivity index (χ4n) is 2.50. The van der Waals surface area contributed by atoms with Gasteiger partial charge in [-0.3, -0.25) is 4.79 Å². The van der Waals surface area contributed by atoms with Crippen LogP contribution in [0.1, 0.15) is 48.2 Å². The van der Waals surface area contributed by atoms with Gasteiger partial charge >= 0.3 is 0 Å². The zero-order valence-electron chi connectivity index (χ0n) is 10.9. The van der Waals surface area contributed by atoms with Crippen LogP contribution >= 0.6 is 55.4 Å². The molecule has 1 saturated carbocycles. The molecule has 0 aromatic carbocycles. The van der Waals surface area contributed by atoms with Gasteiger partial charge in [0.1, 0.15) is 0 Å². The smallest absolute Gasteiger partial charge is 0.262 e. The average molecular weight is 440 g/mol. The molecule has 1 amide bonds. The Hall–Kier alpha value is 0.0200. The van der Waals surface area contributed by atoms with Gasteiger partial charge in [0.05, 0.1) is 19.2 Å². The number of nitrogens with two attached hydrogens (primary N) is 1. The van der Waals surface area contributed by atoms with E-state index < -0.39 is 5.54 Å². The quantitative estimate of drug-likeness (QED) is 0.542. The molecule has 1 aromatic rings. The minimum atomic E-state index is -0.522. The Morgan fingerprint density at radius 1 is 1.30 bits per heavy atom. The highest BCUT2D eigenvalue weighted by atomic mass is 79.9. The van der Waals surface area contributed by atoms with Crippen LogP contribution in [-0.4, -0.2) is 16.4 Å². The molecule has 0 saturated heterocycles. The van der Waals surface area contributed by atoms with Crippen molar-refractivity contribution in [1.29, 1.82) is 0 Å². The Bertz CT molecular complexity index is 503. The lowest BCUT2D eigenvalue weighted by Gasteiger charge is -2.32. The molecule has 0 aliphatic heterocycles. The molecule has 1 aromatic heterocycles. The van der Waals surface area contributed by atoms with Crippen molar-refractivity contribution in [2.75, 3.05) is 0 Å². The third kappa shape index (κ3) is 3.61. The van der Waals surface area contributed by atoms with Crippen molar-refractivity contribution < 1.29 is 4.79 Å². The van der Waals surface area contributed by atoms with Gasteiger partial charge < -0.3 is 11.1 Å². The molecule has 3 nitrogen and oxygen atoms in total. The number of hydrogen-bond donors (Lipinski definition) is 2. The molecule has 0 unspecified atom stereocenters. The minimum absolute atomic E-state index is 0.101. The first-order valence-electron chi connectivity index (χ1n) is 6.52. The first-order valence-corrected chi connectivity index (χ1v) is 9.33. The molecule has 0 spiro atoms. The molecule has 0 radical (unpaired) electrons. The van der Waals surface area contributed by atoms with E-state index in [0.29, 0.717) is 9.87 Å². The van der Waals surface area contributed by atoms with Crippen molar-refractivity contribution in [3.05, 3.63) is 19.2 Å². The summed E-state index contributed by atoms with van der Waals surface area (Å²) in [6, 6.07) is 1.81. The molecule has 0 atom stereocenters. The number of nitrogens with one attached hydrogen (secondary N) is 1. The number of hydrogen-bond acceptors (Lipinski definition) is 3. The molecule has 1 aliphatic carbocycles. The Balaban J connectivity index is 2.19. The molecule has 3 N–H and O–H groups in total. The van der Waals surface area contributed by atoms with Gasteiger partial charge in [-0.05, 0) is 50.8 Å². The van der Waals surface area contributed by atoms with Crippen molar-refractivity contribution in [2.45, 2.75) is 44.1 Å². The summed E-state index contributed by atoms with van der Waals surface area (Å²) in [5, 5.41) is 3.09. The van der Waals surface area contributed by atoms with Gasteiger partial charge in [0.15, 0.2) is 0 Å². The Kier molecular flexibility index (Phi) is 5.62. The van der Waals surface area contributed by atoms with Gasteiger partial charge in [-0.25, -0.2) is 0 Å². The number of thiocarbonyl (C=S) groups is 1. The largest absolute Gasteiger partial charge is 0.391 e. The van der Waals surface area contributed by atoms with Gasteiger partial charge in [-0.2, -0.15) is 0 Å². The van der Waals surface area contributed by atoms with E-state index in [1.807, 2.05) is 6.07 Å². The highest BCUT2D eigenvalue weighted by molar-refractivity contribution is 9.13. The van der Waals surface area contributed by atoms with Crippen molar-refractivity contribution >= 4 is 66.3 Å². The number of rotatable bonds is 3. The Labute approximate surface area is 144 Å². The molecule has 2 rings (SSSR count). The third-order valence-corrected chi connectivity index (χ3v) is 7.30. The van der Waals surface area contributed by atoms with E-state index in [9.17, 15) is 4.79 Å². The molecule has 110 valence electrons. The molecule has 7 heteroatoms. The van der Waals surface area contributed by atoms with Crippen LogP contribution in [0.5, 0.6) is 0 Å². The van der Waals surface area contributed by atoms with E-state index in [1.165, 1.54) is 24.2 Å². The summed E-state index contributed by atoms with van der Waals surface area (Å²) < 4.78 is 1.80. The summed E-state index contributed by atoms with van der Waals surface area (Å²) in [4.78, 5) is 13.5. The van der Waals surface area contributed by atoms with Crippen LogP contribution in [0, 0.1) is 0 Å². The number of carbonyl (C=O) groups excluding carboxylic acids is 1. The summed E-state index contributed by atoms with van der Waals surface area (Å²) in [7, 11) is 0. The van der Waals surface area contributed by atoms with Crippen LogP contribution in [0.3, 0.4) is 0 Å². The van der Waals surface area contributed by atoms with Crippen molar-refractivity contribution in [2.24, 2.45) is 5.73 Å². The van der Waals surface area contributed by atoms with E-state index in [2.05, 4.69) is 37.2 Å². The maximum atomic E-state index is 12.4. The Morgan fingerprint density at radius 3 is 2.35 bits per heavy atom. The van der Waals surface area contributed by atoms with Gasteiger partial charge in [-0.1, -0.05) is 37.9 Å². The van der Waals surface area contributed by atoms with Gasteiger partial charge in [0.25, 0.3) is 5.91 Å². The molecule has 1 heterocycles. The highest BCUT2D eigenvalue weighted by Crippen LogP contribution is 2.33. The second-order valence-electron chi connectivity index (χ2n) is 5.05. The van der Waals surface area contributed by atoms with Crippen molar-refractivity contribution in [3.63, 3.8) is 0 Å². The topological polar surface area (TPSA) is 55.1 Å². The highest BCUT2D eigenvalue weighted by Gasteiger charge is 2.36. The summed E-state index contributed by atoms with van der Waals surface area (Å²) in [5.41, 5.74) is 5.41. The third-order valence-electron chi connectivity index (χ3n) is 3.65. The summed E-state index contributed by atoms with van der Waals surface area (Å²) in [5.74, 6) is -0.101. The summed E-state index contributed by atoms with van der Waals surface area (Å²) >= 11 is 13.4. The van der Waals surface area contributed by atoms with Crippen molar-refractivity contribution in [3.8, 4) is 0 Å². The van der Waals surface area contributed by atoms with E-state index in [0.717, 1.165) is 33.9 Å². The normalized spacial score (nSPS) is 18.3. The van der Waals surface area contributed by atoms with Crippen LogP contribution in [0.2, 0.25) is 0 Å². The number of halogens is 2. The van der Waals surface area contributed by atoms with Gasteiger partial charge in [0.2, 0.25) is 0 Å². The SMILES string of the molecule is NC(=S)C1(NC(=O)c2cc(Br)c(Br)s2)CCCCCC1. The lowest BCUT2D eigenvalue weighted by atomic mass is 9.90. The molecule has 1 aliphatic rings.